The largest absolute Gasteiger partial charge is 0.481 e. The van der Waals surface area contributed by atoms with Crippen LogP contribution >= 0.6 is 0 Å². The summed E-state index contributed by atoms with van der Waals surface area (Å²) in [4.78, 5) is 23.0. The minimum atomic E-state index is -1.12. The molecular formula is C9H15NO4. The Kier molecular flexibility index (Phi) is 6.39. The van der Waals surface area contributed by atoms with Crippen LogP contribution in [0.1, 0.15) is 6.42 Å². The predicted octanol–water partition coefficient (Wildman–Crippen LogP) is 0.122. The molecule has 0 saturated heterocycles. The van der Waals surface area contributed by atoms with E-state index in [2.05, 4.69) is 6.58 Å². The number of carbonyl (C=O) groups is 2. The van der Waals surface area contributed by atoms with Gasteiger partial charge in [-0.15, -0.1) is 6.58 Å². The van der Waals surface area contributed by atoms with E-state index in [0.717, 1.165) is 0 Å². The lowest BCUT2D eigenvalue weighted by Crippen LogP contribution is -2.35. The van der Waals surface area contributed by atoms with Crippen molar-refractivity contribution in [3.05, 3.63) is 12.7 Å². The van der Waals surface area contributed by atoms with Gasteiger partial charge < -0.3 is 14.7 Å². The van der Waals surface area contributed by atoms with E-state index >= 15 is 0 Å². The SMILES string of the molecule is C=CCN(CCOC)C(=O)CC(=O)O. The van der Waals surface area contributed by atoms with Crippen LogP contribution in [-0.4, -0.2) is 48.7 Å². The Bertz CT molecular complexity index is 215. The van der Waals surface area contributed by atoms with Crippen LogP contribution < -0.4 is 0 Å². The van der Waals surface area contributed by atoms with Crippen molar-refractivity contribution in [3.8, 4) is 0 Å². The molecule has 0 atom stereocenters. The minimum Gasteiger partial charge on any atom is -0.481 e. The van der Waals surface area contributed by atoms with E-state index in [-0.39, 0.29) is 0 Å². The molecule has 0 unspecified atom stereocenters. The number of rotatable bonds is 7. The van der Waals surface area contributed by atoms with Gasteiger partial charge in [0.05, 0.1) is 6.61 Å². The summed E-state index contributed by atoms with van der Waals surface area (Å²) < 4.78 is 4.80. The standard InChI is InChI=1S/C9H15NO4/c1-3-4-10(5-6-14-2)8(11)7-9(12)13/h3H,1,4-7H2,2H3,(H,12,13). The molecule has 0 aliphatic rings. The zero-order chi connectivity index (χ0) is 11.0. The second kappa shape index (κ2) is 7.08. The first-order chi connectivity index (χ1) is 6.61. The molecule has 1 N–H and O–H groups in total. The Balaban J connectivity index is 4.09. The second-order valence-electron chi connectivity index (χ2n) is 2.69. The maximum absolute atomic E-state index is 11.3. The van der Waals surface area contributed by atoms with E-state index in [0.29, 0.717) is 19.7 Å². The third-order valence-electron chi connectivity index (χ3n) is 1.57. The van der Waals surface area contributed by atoms with Crippen LogP contribution in [0.25, 0.3) is 0 Å². The molecule has 0 saturated carbocycles. The number of carboxylic acids is 1. The molecule has 0 aliphatic heterocycles. The highest BCUT2D eigenvalue weighted by Crippen LogP contribution is 1.95. The third-order valence-corrected chi connectivity index (χ3v) is 1.57. The maximum Gasteiger partial charge on any atom is 0.312 e. The van der Waals surface area contributed by atoms with E-state index in [1.54, 1.807) is 6.08 Å². The van der Waals surface area contributed by atoms with Crippen molar-refractivity contribution in [1.82, 2.24) is 4.90 Å². The number of aliphatic carboxylic acids is 1. The monoisotopic (exact) mass is 201 g/mol. The molecule has 0 rings (SSSR count). The van der Waals surface area contributed by atoms with Crippen LogP contribution in [0, 0.1) is 0 Å². The first-order valence-electron chi connectivity index (χ1n) is 4.21. The van der Waals surface area contributed by atoms with Gasteiger partial charge >= 0.3 is 5.97 Å². The van der Waals surface area contributed by atoms with Crippen molar-refractivity contribution < 1.29 is 19.4 Å². The molecule has 0 bridgehead atoms. The number of amides is 1. The van der Waals surface area contributed by atoms with Crippen molar-refractivity contribution in [1.29, 1.82) is 0 Å². The lowest BCUT2D eigenvalue weighted by Gasteiger charge is -2.19. The molecule has 0 aromatic heterocycles. The normalized spacial score (nSPS) is 9.50. The van der Waals surface area contributed by atoms with Crippen LogP contribution in [0.2, 0.25) is 0 Å². The Morgan fingerprint density at radius 2 is 2.21 bits per heavy atom. The molecule has 5 nitrogen and oxygen atoms in total. The zero-order valence-corrected chi connectivity index (χ0v) is 8.23. The molecule has 0 fully saturated rings. The van der Waals surface area contributed by atoms with Crippen molar-refractivity contribution in [2.24, 2.45) is 0 Å². The lowest BCUT2D eigenvalue weighted by molar-refractivity contribution is -0.144. The molecule has 0 aliphatic carbocycles. The Morgan fingerprint density at radius 1 is 1.57 bits per heavy atom. The van der Waals surface area contributed by atoms with Gasteiger partial charge in [-0.1, -0.05) is 6.08 Å². The summed E-state index contributed by atoms with van der Waals surface area (Å²) in [5.41, 5.74) is 0. The Labute approximate surface area is 83.0 Å². The van der Waals surface area contributed by atoms with Gasteiger partial charge in [0.2, 0.25) is 5.91 Å². The minimum absolute atomic E-state index is 0.343. The highest BCUT2D eigenvalue weighted by atomic mass is 16.5. The summed E-state index contributed by atoms with van der Waals surface area (Å²) in [6, 6.07) is 0. The van der Waals surface area contributed by atoms with Crippen molar-refractivity contribution >= 4 is 11.9 Å². The van der Waals surface area contributed by atoms with Gasteiger partial charge in [-0.25, -0.2) is 0 Å². The lowest BCUT2D eigenvalue weighted by atomic mass is 10.3. The average molecular weight is 201 g/mol. The molecule has 1 amide bonds. The molecule has 0 aromatic carbocycles. The van der Waals surface area contributed by atoms with E-state index in [9.17, 15) is 9.59 Å². The Morgan fingerprint density at radius 3 is 2.64 bits per heavy atom. The van der Waals surface area contributed by atoms with Gasteiger partial charge in [0, 0.05) is 20.2 Å². The number of carbonyl (C=O) groups excluding carboxylic acids is 1. The summed E-state index contributed by atoms with van der Waals surface area (Å²) in [5.74, 6) is -1.55. The second-order valence-corrected chi connectivity index (χ2v) is 2.69. The molecule has 0 radical (unpaired) electrons. The van der Waals surface area contributed by atoms with E-state index < -0.39 is 18.3 Å². The summed E-state index contributed by atoms with van der Waals surface area (Å²) >= 11 is 0. The highest BCUT2D eigenvalue weighted by molar-refractivity contribution is 5.93. The van der Waals surface area contributed by atoms with Crippen LogP contribution in [0.3, 0.4) is 0 Å². The summed E-state index contributed by atoms with van der Waals surface area (Å²) in [6.07, 6.45) is 1.06. The van der Waals surface area contributed by atoms with Crippen molar-refractivity contribution in [3.63, 3.8) is 0 Å². The molecule has 0 heterocycles. The fourth-order valence-corrected chi connectivity index (χ4v) is 0.916. The predicted molar refractivity (Wildman–Crippen MR) is 50.9 cm³/mol. The van der Waals surface area contributed by atoms with Gasteiger partial charge in [0.25, 0.3) is 0 Å². The summed E-state index contributed by atoms with van der Waals surface area (Å²) in [6.45, 7) is 4.60. The van der Waals surface area contributed by atoms with Crippen molar-refractivity contribution in [2.45, 2.75) is 6.42 Å². The summed E-state index contributed by atoms with van der Waals surface area (Å²) in [7, 11) is 1.52. The number of ether oxygens (including phenoxy) is 1. The van der Waals surface area contributed by atoms with Crippen LogP contribution in [0.4, 0.5) is 0 Å². The smallest absolute Gasteiger partial charge is 0.312 e. The number of methoxy groups -OCH3 is 1. The first kappa shape index (κ1) is 12.6. The van der Waals surface area contributed by atoms with Crippen LogP contribution in [-0.2, 0) is 14.3 Å². The van der Waals surface area contributed by atoms with E-state index in [1.165, 1.54) is 12.0 Å². The van der Waals surface area contributed by atoms with Gasteiger partial charge in [0.15, 0.2) is 0 Å². The van der Waals surface area contributed by atoms with E-state index in [4.69, 9.17) is 9.84 Å². The third kappa shape index (κ3) is 5.31. The maximum atomic E-state index is 11.3. The summed E-state index contributed by atoms with van der Waals surface area (Å²) in [5, 5.41) is 8.42. The van der Waals surface area contributed by atoms with Gasteiger partial charge in [-0.2, -0.15) is 0 Å². The molecule has 14 heavy (non-hydrogen) atoms. The molecule has 5 heteroatoms. The molecule has 80 valence electrons. The molecular weight excluding hydrogens is 186 g/mol. The Hall–Kier alpha value is -1.36. The van der Waals surface area contributed by atoms with Gasteiger partial charge in [-0.3, -0.25) is 9.59 Å². The average Bonchev–Trinajstić information content (AvgIpc) is 2.10. The van der Waals surface area contributed by atoms with Crippen LogP contribution in [0.5, 0.6) is 0 Å². The number of carboxylic acid groups (broad SMARTS) is 1. The van der Waals surface area contributed by atoms with Crippen molar-refractivity contribution in [2.75, 3.05) is 26.8 Å². The fourth-order valence-electron chi connectivity index (χ4n) is 0.916. The number of nitrogens with zero attached hydrogens (tertiary/aromatic N) is 1. The topological polar surface area (TPSA) is 66.8 Å². The van der Waals surface area contributed by atoms with Gasteiger partial charge in [-0.05, 0) is 0 Å². The first-order valence-corrected chi connectivity index (χ1v) is 4.21. The fraction of sp³-hybridized carbons (Fsp3) is 0.556. The van der Waals surface area contributed by atoms with Crippen LogP contribution in [0.15, 0.2) is 12.7 Å². The molecule has 0 aromatic rings. The quantitative estimate of drug-likeness (QED) is 0.469. The number of hydrogen-bond donors (Lipinski definition) is 1. The molecule has 0 spiro atoms. The van der Waals surface area contributed by atoms with Gasteiger partial charge in [0.1, 0.15) is 6.42 Å². The van der Waals surface area contributed by atoms with E-state index in [1.807, 2.05) is 0 Å². The highest BCUT2D eigenvalue weighted by Gasteiger charge is 2.14. The number of hydrogen-bond acceptors (Lipinski definition) is 3. The zero-order valence-electron chi connectivity index (χ0n) is 8.23.